The first kappa shape index (κ1) is 19.8. The molecule has 0 aliphatic carbocycles. The van der Waals surface area contributed by atoms with Crippen LogP contribution in [0.3, 0.4) is 0 Å². The lowest BCUT2D eigenvalue weighted by Crippen LogP contribution is -2.39. The van der Waals surface area contributed by atoms with Gasteiger partial charge in [0.05, 0.1) is 1.37 Å². The number of Topliss-reactive ketones (excluding diaryl/α,β-unsaturated/α-hetero) is 1. The maximum absolute atomic E-state index is 12.0. The van der Waals surface area contributed by atoms with Crippen molar-refractivity contribution in [3.05, 3.63) is 22.7 Å². The van der Waals surface area contributed by atoms with E-state index in [0.717, 1.165) is 12.3 Å². The van der Waals surface area contributed by atoms with E-state index < -0.39 is 67.0 Å². The quantitative estimate of drug-likeness (QED) is 0.141. The fourth-order valence-electron chi connectivity index (χ4n) is 2.25. The number of ether oxygens (including phenoxy) is 2. The summed E-state index contributed by atoms with van der Waals surface area (Å²) in [7, 11) is 0. The van der Waals surface area contributed by atoms with Gasteiger partial charge in [-0.25, -0.2) is 9.59 Å². The van der Waals surface area contributed by atoms with Crippen LogP contribution in [0.1, 0.15) is 14.0 Å². The van der Waals surface area contributed by atoms with Gasteiger partial charge < -0.3 is 30.5 Å². The average Bonchev–Trinajstić information content (AvgIpc) is 2.90. The number of rotatable bonds is 8. The molecule has 154 valence electrons. The number of carbonyl (C=O) groups excluding carboxylic acids is 2. The molecular weight excluding hydrogens is 384 g/mol. The highest BCUT2D eigenvalue weighted by atomic mass is 16.6. The van der Waals surface area contributed by atoms with Crippen molar-refractivity contribution in [3.8, 4) is 0 Å². The maximum atomic E-state index is 12.0. The van der Waals surface area contributed by atoms with Crippen molar-refractivity contribution in [2.24, 2.45) is 5.73 Å². The molecule has 0 aromatic carbocycles. The molecule has 1 aromatic heterocycles. The summed E-state index contributed by atoms with van der Waals surface area (Å²) in [6.45, 7) is -0.717. The average molecular weight is 403 g/mol. The van der Waals surface area contributed by atoms with Gasteiger partial charge in [0.15, 0.2) is 12.0 Å². The van der Waals surface area contributed by atoms with E-state index in [1.54, 1.807) is 5.48 Å². The Morgan fingerprint density at radius 2 is 2.11 bits per heavy atom. The number of aliphatic carboxylic acids is 1. The lowest BCUT2D eigenvalue weighted by Gasteiger charge is -2.17. The molecule has 0 spiro atoms. The van der Waals surface area contributed by atoms with Gasteiger partial charge in [-0.05, 0) is 6.07 Å². The lowest BCUT2D eigenvalue weighted by atomic mass is 10.1. The van der Waals surface area contributed by atoms with Gasteiger partial charge in [0.1, 0.15) is 31.0 Å². The Hall–Kier alpha value is -2.91. The molecule has 1 saturated heterocycles. The zero-order chi connectivity index (χ0) is 21.9. The number of hydrogen-bond acceptors (Lipinski definition) is 12. The Kier molecular flexibility index (Phi) is 6.27. The van der Waals surface area contributed by atoms with E-state index in [0.29, 0.717) is 4.57 Å². The van der Waals surface area contributed by atoms with Crippen LogP contribution in [0.15, 0.2) is 17.1 Å². The zero-order valence-electron chi connectivity index (χ0n) is 15.1. The van der Waals surface area contributed by atoms with Gasteiger partial charge in [0.2, 0.25) is 5.78 Å². The molecule has 0 amide bonds. The van der Waals surface area contributed by atoms with E-state index in [-0.39, 0.29) is 5.82 Å². The largest absolute Gasteiger partial charge is 0.476 e. The van der Waals surface area contributed by atoms with Crippen molar-refractivity contribution < 1.29 is 45.8 Å². The summed E-state index contributed by atoms with van der Waals surface area (Å²) in [5, 5.41) is 37.5. The normalized spacial score (nSPS) is 28.3. The molecule has 1 fully saturated rings. The summed E-state index contributed by atoms with van der Waals surface area (Å²) in [5.41, 5.74) is 5.89. The predicted molar refractivity (Wildman–Crippen MR) is 86.0 cm³/mol. The van der Waals surface area contributed by atoms with E-state index >= 15 is 0 Å². The molecule has 1 aliphatic rings. The van der Waals surface area contributed by atoms with Crippen molar-refractivity contribution in [3.63, 3.8) is 0 Å². The molecule has 0 radical (unpaired) electrons. The van der Waals surface area contributed by atoms with Crippen LogP contribution in [0.5, 0.6) is 0 Å². The summed E-state index contributed by atoms with van der Waals surface area (Å²) in [6, 6.07) is -0.500. The number of nitrogens with two attached hydrogens (primary N) is 1. The Labute approximate surface area is 157 Å². The van der Waals surface area contributed by atoms with Gasteiger partial charge in [-0.15, -0.1) is 0 Å². The standard InChI is InChI=1S/C14H18N4O10/c15-5(3-6(19)12(22)23)13(24)27-4-7-9(20)10(21)11(28-7)18-2-1-8(17-26)16-14(18)25/h1-2,5,7,9-11,20-21,26H,3-4,15H2,(H,22,23)(H,16,17,25)/t5-,7-,9-,10-,11-/m1/s1/i11D. The fraction of sp³-hybridized carbons (Fsp3) is 0.500. The van der Waals surface area contributed by atoms with Crippen LogP contribution in [-0.4, -0.2) is 78.8 Å². The molecule has 14 nitrogen and oxygen atoms in total. The van der Waals surface area contributed by atoms with Gasteiger partial charge in [0.25, 0.3) is 0 Å². The van der Waals surface area contributed by atoms with Gasteiger partial charge in [-0.2, -0.15) is 4.98 Å². The minimum absolute atomic E-state index is 0.238. The monoisotopic (exact) mass is 403 g/mol. The van der Waals surface area contributed by atoms with E-state index in [2.05, 4.69) is 4.98 Å². The number of aliphatic hydroxyl groups excluding tert-OH is 2. The number of aromatic nitrogens is 2. The highest BCUT2D eigenvalue weighted by Crippen LogP contribution is 2.28. The number of nitrogens with zero attached hydrogens (tertiary/aromatic N) is 2. The number of carboxylic acid groups (broad SMARTS) is 1. The first-order chi connectivity index (χ1) is 13.5. The van der Waals surface area contributed by atoms with Crippen molar-refractivity contribution in [1.29, 1.82) is 0 Å². The third-order valence-corrected chi connectivity index (χ3v) is 3.72. The zero-order valence-corrected chi connectivity index (χ0v) is 14.1. The number of anilines is 1. The SMILES string of the molecule is [2H][C@@]1(n2ccc(NO)nc2=O)O[C@H](COC(=O)[C@H](N)CC(=O)C(=O)O)[C@@H](O)[C@H]1O. The molecule has 5 atom stereocenters. The van der Waals surface area contributed by atoms with Crippen molar-refractivity contribution in [1.82, 2.24) is 9.55 Å². The number of carbonyl (C=O) groups is 3. The second kappa shape index (κ2) is 8.85. The molecule has 1 aliphatic heterocycles. The Morgan fingerprint density at radius 3 is 2.68 bits per heavy atom. The molecule has 0 saturated carbocycles. The number of esters is 1. The number of aliphatic hydroxyl groups is 2. The minimum Gasteiger partial charge on any atom is -0.476 e. The Morgan fingerprint density at radius 1 is 1.43 bits per heavy atom. The Bertz CT molecular complexity index is 863. The summed E-state index contributed by atoms with van der Waals surface area (Å²) in [6.07, 6.45) is -7.56. The minimum atomic E-state index is -2.53. The van der Waals surface area contributed by atoms with Crippen molar-refractivity contribution >= 4 is 23.5 Å². The second-order valence-corrected chi connectivity index (χ2v) is 5.68. The van der Waals surface area contributed by atoms with Crippen molar-refractivity contribution in [2.75, 3.05) is 12.1 Å². The highest BCUT2D eigenvalue weighted by Gasteiger charge is 2.45. The lowest BCUT2D eigenvalue weighted by molar-refractivity contribution is -0.154. The van der Waals surface area contributed by atoms with Gasteiger partial charge in [-0.3, -0.25) is 24.8 Å². The van der Waals surface area contributed by atoms with Crippen LogP contribution in [0.25, 0.3) is 0 Å². The van der Waals surface area contributed by atoms with Crippen LogP contribution in [0.4, 0.5) is 5.82 Å². The van der Waals surface area contributed by atoms with Gasteiger partial charge >= 0.3 is 17.6 Å². The predicted octanol–water partition coefficient (Wildman–Crippen LogP) is -3.42. The summed E-state index contributed by atoms with van der Waals surface area (Å²) in [4.78, 5) is 48.7. The smallest absolute Gasteiger partial charge is 0.372 e. The second-order valence-electron chi connectivity index (χ2n) is 5.68. The molecular formula is C14H18N4O10. The summed E-state index contributed by atoms with van der Waals surface area (Å²) < 4.78 is 18.7. The molecule has 1 aromatic rings. The van der Waals surface area contributed by atoms with Gasteiger partial charge in [-0.1, -0.05) is 0 Å². The Balaban J connectivity index is 2.07. The van der Waals surface area contributed by atoms with Crippen LogP contribution in [0, 0.1) is 0 Å². The fourth-order valence-corrected chi connectivity index (χ4v) is 2.25. The number of ketones is 1. The molecule has 0 unspecified atom stereocenters. The number of carboxylic acids is 1. The van der Waals surface area contributed by atoms with E-state index in [1.807, 2.05) is 0 Å². The van der Waals surface area contributed by atoms with Gasteiger partial charge in [0, 0.05) is 12.6 Å². The topological polar surface area (TPSA) is 224 Å². The first-order valence-corrected chi connectivity index (χ1v) is 7.73. The third-order valence-electron chi connectivity index (χ3n) is 3.72. The number of nitrogens with one attached hydrogen (secondary N) is 1. The summed E-state index contributed by atoms with van der Waals surface area (Å²) >= 11 is 0. The first-order valence-electron chi connectivity index (χ1n) is 8.23. The van der Waals surface area contributed by atoms with Crippen molar-refractivity contribution in [2.45, 2.75) is 37.0 Å². The van der Waals surface area contributed by atoms with Crippen LogP contribution < -0.4 is 16.9 Å². The third kappa shape index (κ3) is 4.68. The van der Waals surface area contributed by atoms with Crippen LogP contribution in [0.2, 0.25) is 0 Å². The molecule has 0 bridgehead atoms. The number of hydrogen-bond donors (Lipinski definition) is 6. The molecule has 2 heterocycles. The molecule has 7 N–H and O–H groups in total. The molecule has 14 heteroatoms. The van der Waals surface area contributed by atoms with E-state index in [9.17, 15) is 29.4 Å². The van der Waals surface area contributed by atoms with Crippen LogP contribution in [-0.2, 0) is 23.9 Å². The highest BCUT2D eigenvalue weighted by molar-refractivity contribution is 6.33. The molecule has 28 heavy (non-hydrogen) atoms. The van der Waals surface area contributed by atoms with Crippen LogP contribution >= 0.6 is 0 Å². The maximum Gasteiger partial charge on any atom is 0.372 e. The summed E-state index contributed by atoms with van der Waals surface area (Å²) in [5.74, 6) is -4.49. The molecule has 2 rings (SSSR count). The van der Waals surface area contributed by atoms with E-state index in [1.165, 1.54) is 0 Å². The van der Waals surface area contributed by atoms with E-state index in [4.69, 9.17) is 26.9 Å².